The van der Waals surface area contributed by atoms with Gasteiger partial charge in [0.25, 0.3) is 0 Å². The van der Waals surface area contributed by atoms with E-state index in [1.807, 2.05) is 0 Å². The predicted octanol–water partition coefficient (Wildman–Crippen LogP) is -2.35. The van der Waals surface area contributed by atoms with Crippen LogP contribution in [0.4, 0.5) is 0 Å². The van der Waals surface area contributed by atoms with E-state index in [9.17, 15) is 4.79 Å². The van der Waals surface area contributed by atoms with Crippen molar-refractivity contribution in [2.75, 3.05) is 13.2 Å². The van der Waals surface area contributed by atoms with Gasteiger partial charge in [-0.15, -0.1) is 0 Å². The lowest BCUT2D eigenvalue weighted by atomic mass is 9.97. The molecule has 0 aliphatic rings. The summed E-state index contributed by atoms with van der Waals surface area (Å²) in [5.74, 6) is -0.913. The molecule has 2 atom stereocenters. The molecule has 0 aromatic rings. The monoisotopic (exact) mass is 164 g/mol. The number of hydrogen-bond donors (Lipinski definition) is 4. The Morgan fingerprint density at radius 3 is 2.27 bits per heavy atom. The largest absolute Gasteiger partial charge is 0.393 e. The van der Waals surface area contributed by atoms with Crippen molar-refractivity contribution < 1.29 is 25.2 Å². The minimum absolute atomic E-state index is 0.736. The zero-order chi connectivity index (χ0) is 9.07. The van der Waals surface area contributed by atoms with Gasteiger partial charge in [0.15, 0.2) is 5.78 Å². The fourth-order valence-corrected chi connectivity index (χ4v) is 0.520. The Hall–Kier alpha value is -0.490. The summed E-state index contributed by atoms with van der Waals surface area (Å²) in [4.78, 5) is 10.5. The van der Waals surface area contributed by atoms with E-state index in [2.05, 4.69) is 0 Å². The first kappa shape index (κ1) is 10.5. The third-order valence-corrected chi connectivity index (χ3v) is 1.37. The third kappa shape index (κ3) is 2.55. The molecule has 66 valence electrons. The van der Waals surface area contributed by atoms with E-state index in [0.717, 1.165) is 6.92 Å². The summed E-state index contributed by atoms with van der Waals surface area (Å²) in [7, 11) is 0. The summed E-state index contributed by atoms with van der Waals surface area (Å²) in [5.41, 5.74) is -1.88. The molecule has 0 amide bonds. The third-order valence-electron chi connectivity index (χ3n) is 1.37. The van der Waals surface area contributed by atoms with E-state index < -0.39 is 30.7 Å². The van der Waals surface area contributed by atoms with E-state index in [4.69, 9.17) is 20.4 Å². The van der Waals surface area contributed by atoms with Crippen LogP contribution in [0.3, 0.4) is 0 Å². The molecule has 0 rings (SSSR count). The maximum Gasteiger partial charge on any atom is 0.189 e. The van der Waals surface area contributed by atoms with E-state index >= 15 is 0 Å². The van der Waals surface area contributed by atoms with Gasteiger partial charge < -0.3 is 20.4 Å². The van der Waals surface area contributed by atoms with Gasteiger partial charge in [0.2, 0.25) is 0 Å². The van der Waals surface area contributed by atoms with Gasteiger partial charge in [0.05, 0.1) is 6.61 Å². The Labute approximate surface area is 63.9 Å². The van der Waals surface area contributed by atoms with E-state index in [1.165, 1.54) is 0 Å². The Morgan fingerprint density at radius 1 is 1.55 bits per heavy atom. The molecule has 0 aromatic heterocycles. The molecular formula is C6H12O5. The number of ketones is 1. The van der Waals surface area contributed by atoms with Gasteiger partial charge in [0, 0.05) is 0 Å². The normalized spacial score (nSPS) is 19.0. The molecule has 0 unspecified atom stereocenters. The second-order valence-electron chi connectivity index (χ2n) is 2.54. The van der Waals surface area contributed by atoms with Crippen molar-refractivity contribution in [3.8, 4) is 0 Å². The quantitative estimate of drug-likeness (QED) is 0.373. The highest BCUT2D eigenvalue weighted by Gasteiger charge is 2.34. The number of aliphatic hydroxyl groups is 4. The van der Waals surface area contributed by atoms with Crippen molar-refractivity contribution in [3.05, 3.63) is 0 Å². The lowest BCUT2D eigenvalue weighted by Crippen LogP contribution is -2.48. The summed E-state index contributed by atoms with van der Waals surface area (Å²) >= 11 is 0. The fraction of sp³-hybridized carbons (Fsp3) is 0.833. The smallest absolute Gasteiger partial charge is 0.189 e. The molecule has 0 heterocycles. The molecule has 0 fully saturated rings. The molecule has 5 heteroatoms. The van der Waals surface area contributed by atoms with Gasteiger partial charge in [-0.1, -0.05) is 0 Å². The molecule has 4 N–H and O–H groups in total. The van der Waals surface area contributed by atoms with Gasteiger partial charge in [-0.2, -0.15) is 0 Å². The van der Waals surface area contributed by atoms with Crippen LogP contribution in [0.25, 0.3) is 0 Å². The van der Waals surface area contributed by atoms with Crippen LogP contribution in [-0.2, 0) is 4.79 Å². The van der Waals surface area contributed by atoms with Gasteiger partial charge in [-0.25, -0.2) is 0 Å². The molecule has 0 spiro atoms. The van der Waals surface area contributed by atoms with Crippen LogP contribution in [0, 0.1) is 0 Å². The minimum atomic E-state index is -1.88. The Balaban J connectivity index is 4.22. The first-order valence-corrected chi connectivity index (χ1v) is 3.10. The summed E-state index contributed by atoms with van der Waals surface area (Å²) in [5, 5.41) is 34.7. The van der Waals surface area contributed by atoms with Crippen molar-refractivity contribution in [3.63, 3.8) is 0 Å². The van der Waals surface area contributed by atoms with Crippen molar-refractivity contribution in [1.82, 2.24) is 0 Å². The second-order valence-corrected chi connectivity index (χ2v) is 2.54. The van der Waals surface area contributed by atoms with Crippen molar-refractivity contribution >= 4 is 5.78 Å². The zero-order valence-electron chi connectivity index (χ0n) is 6.19. The average molecular weight is 164 g/mol. The van der Waals surface area contributed by atoms with Crippen LogP contribution in [0.2, 0.25) is 0 Å². The lowest BCUT2D eigenvalue weighted by Gasteiger charge is -2.24. The molecular weight excluding hydrogens is 152 g/mol. The molecule has 5 nitrogen and oxygen atoms in total. The number of carbonyl (C=O) groups excluding carboxylic acids is 1. The highest BCUT2D eigenvalue weighted by molar-refractivity contribution is 5.84. The fourth-order valence-electron chi connectivity index (χ4n) is 0.520. The van der Waals surface area contributed by atoms with Crippen molar-refractivity contribution in [2.45, 2.75) is 18.6 Å². The number of Topliss-reactive ketones (excluding diaryl/α,β-unsaturated/α-hetero) is 1. The van der Waals surface area contributed by atoms with Gasteiger partial charge in [-0.05, 0) is 6.92 Å². The molecule has 0 aliphatic heterocycles. The predicted molar refractivity (Wildman–Crippen MR) is 35.8 cm³/mol. The van der Waals surface area contributed by atoms with Crippen LogP contribution in [0.1, 0.15) is 6.92 Å². The van der Waals surface area contributed by atoms with Crippen LogP contribution in [0.5, 0.6) is 0 Å². The highest BCUT2D eigenvalue weighted by Crippen LogP contribution is 2.08. The number of hydrogen-bond acceptors (Lipinski definition) is 5. The van der Waals surface area contributed by atoms with E-state index in [-0.39, 0.29) is 0 Å². The Bertz CT molecular complexity index is 142. The summed E-state index contributed by atoms with van der Waals surface area (Å²) in [6.07, 6.45) is -1.74. The minimum Gasteiger partial charge on any atom is -0.393 e. The lowest BCUT2D eigenvalue weighted by molar-refractivity contribution is -0.149. The molecule has 0 radical (unpaired) electrons. The topological polar surface area (TPSA) is 98.0 Å². The summed E-state index contributed by atoms with van der Waals surface area (Å²) < 4.78 is 0. The van der Waals surface area contributed by atoms with E-state index in [1.54, 1.807) is 0 Å². The van der Waals surface area contributed by atoms with E-state index in [0.29, 0.717) is 0 Å². The number of rotatable bonds is 4. The number of aliphatic hydroxyl groups excluding tert-OH is 3. The van der Waals surface area contributed by atoms with Crippen LogP contribution in [-0.4, -0.2) is 51.1 Å². The van der Waals surface area contributed by atoms with Gasteiger partial charge in [0.1, 0.15) is 18.3 Å². The molecule has 0 saturated heterocycles. The van der Waals surface area contributed by atoms with Crippen LogP contribution < -0.4 is 0 Å². The molecule has 0 aromatic carbocycles. The molecule has 0 saturated carbocycles. The first-order chi connectivity index (χ1) is 4.95. The highest BCUT2D eigenvalue weighted by atomic mass is 16.4. The SMILES string of the molecule is C[C@](O)(CO)[C@@H](O)C(=O)CO. The maximum absolute atomic E-state index is 10.5. The molecule has 0 bridgehead atoms. The average Bonchev–Trinajstić information content (AvgIpc) is 2.01. The summed E-state index contributed by atoms with van der Waals surface area (Å²) in [6.45, 7) is -0.484. The Morgan fingerprint density at radius 2 is 2.00 bits per heavy atom. The first-order valence-electron chi connectivity index (χ1n) is 3.10. The Kier molecular flexibility index (Phi) is 3.61. The van der Waals surface area contributed by atoms with Crippen molar-refractivity contribution in [1.29, 1.82) is 0 Å². The van der Waals surface area contributed by atoms with Crippen LogP contribution in [0.15, 0.2) is 0 Å². The number of carbonyl (C=O) groups is 1. The summed E-state index contributed by atoms with van der Waals surface area (Å²) in [6, 6.07) is 0. The standard InChI is InChI=1S/C6H12O5/c1-6(11,3-8)5(10)4(9)2-7/h5,7-8,10-11H,2-3H2,1H3/t5-,6-/m0/s1. The molecule has 11 heavy (non-hydrogen) atoms. The van der Waals surface area contributed by atoms with Gasteiger partial charge >= 0.3 is 0 Å². The zero-order valence-corrected chi connectivity index (χ0v) is 6.19. The maximum atomic E-state index is 10.5. The van der Waals surface area contributed by atoms with Crippen LogP contribution >= 0.6 is 0 Å². The molecule has 0 aliphatic carbocycles. The van der Waals surface area contributed by atoms with Gasteiger partial charge in [-0.3, -0.25) is 4.79 Å². The van der Waals surface area contributed by atoms with Crippen molar-refractivity contribution in [2.24, 2.45) is 0 Å². The second kappa shape index (κ2) is 3.77.